The molecule has 1 rings (SSSR count). The molecule has 1 aliphatic rings. The van der Waals surface area contributed by atoms with Crippen molar-refractivity contribution in [3.8, 4) is 0 Å². The standard InChI is InChI=1S/C5H9N2O2/c1-5-3-6(2)9-4-7(5)8/h3H,4H2,1-2H3/q-1. The van der Waals surface area contributed by atoms with Crippen LogP contribution in [-0.4, -0.2) is 23.9 Å². The molecule has 0 aliphatic carbocycles. The summed E-state index contributed by atoms with van der Waals surface area (Å²) in [5.41, 5.74) is 0.670. The molecular weight excluding hydrogens is 120 g/mol. The van der Waals surface area contributed by atoms with Crippen LogP contribution in [0.25, 0.3) is 0 Å². The summed E-state index contributed by atoms with van der Waals surface area (Å²) < 4.78 is 0. The van der Waals surface area contributed by atoms with Gasteiger partial charge in [-0.25, -0.2) is 0 Å². The summed E-state index contributed by atoms with van der Waals surface area (Å²) in [5.74, 6) is 0. The second-order valence-corrected chi connectivity index (χ2v) is 1.95. The zero-order valence-electron chi connectivity index (χ0n) is 5.50. The molecule has 0 spiro atoms. The van der Waals surface area contributed by atoms with Gasteiger partial charge in [0.1, 0.15) is 6.73 Å². The Morgan fingerprint density at radius 3 is 2.89 bits per heavy atom. The van der Waals surface area contributed by atoms with Crippen LogP contribution >= 0.6 is 0 Å². The molecule has 1 aliphatic heterocycles. The monoisotopic (exact) mass is 129 g/mol. The Hall–Kier alpha value is -0.740. The van der Waals surface area contributed by atoms with Gasteiger partial charge in [-0.3, -0.25) is 9.90 Å². The summed E-state index contributed by atoms with van der Waals surface area (Å²) in [4.78, 5) is 4.83. The first-order valence-corrected chi connectivity index (χ1v) is 2.69. The Labute approximate surface area is 53.8 Å². The maximum Gasteiger partial charge on any atom is 0.136 e. The summed E-state index contributed by atoms with van der Waals surface area (Å²) in [6, 6.07) is 0. The zero-order valence-corrected chi connectivity index (χ0v) is 5.50. The SMILES string of the molecule is CC1=CN(C)OCN1[O-]. The van der Waals surface area contributed by atoms with E-state index in [9.17, 15) is 5.21 Å². The van der Waals surface area contributed by atoms with Crippen LogP contribution in [0.4, 0.5) is 0 Å². The first-order chi connectivity index (χ1) is 4.20. The van der Waals surface area contributed by atoms with Crippen LogP contribution in [0.5, 0.6) is 0 Å². The third-order valence-corrected chi connectivity index (χ3v) is 1.14. The highest BCUT2D eigenvalue weighted by molar-refractivity contribution is 4.96. The molecule has 0 unspecified atom stereocenters. The van der Waals surface area contributed by atoms with E-state index in [1.54, 1.807) is 20.2 Å². The smallest absolute Gasteiger partial charge is 0.136 e. The topological polar surface area (TPSA) is 38.8 Å². The Bertz CT molecular complexity index is 135. The van der Waals surface area contributed by atoms with Gasteiger partial charge in [-0.15, -0.1) is 0 Å². The van der Waals surface area contributed by atoms with E-state index in [1.807, 2.05) is 0 Å². The van der Waals surface area contributed by atoms with Crippen molar-refractivity contribution in [2.45, 2.75) is 6.92 Å². The minimum Gasteiger partial charge on any atom is -0.757 e. The van der Waals surface area contributed by atoms with E-state index < -0.39 is 0 Å². The van der Waals surface area contributed by atoms with Crippen molar-refractivity contribution in [3.05, 3.63) is 17.1 Å². The Morgan fingerprint density at radius 2 is 2.44 bits per heavy atom. The predicted molar refractivity (Wildman–Crippen MR) is 32.7 cm³/mol. The molecule has 4 nitrogen and oxygen atoms in total. The highest BCUT2D eigenvalue weighted by Crippen LogP contribution is 2.08. The Balaban J connectivity index is 2.61. The number of allylic oxidation sites excluding steroid dienone is 1. The number of hydroxylamine groups is 4. The first kappa shape index (κ1) is 6.38. The largest absolute Gasteiger partial charge is 0.757 e. The van der Waals surface area contributed by atoms with Gasteiger partial charge in [0.25, 0.3) is 0 Å². The van der Waals surface area contributed by atoms with E-state index >= 15 is 0 Å². The molecule has 0 aromatic heterocycles. The van der Waals surface area contributed by atoms with Gasteiger partial charge in [-0.2, -0.15) is 0 Å². The zero-order chi connectivity index (χ0) is 6.85. The molecule has 0 aromatic carbocycles. The van der Waals surface area contributed by atoms with Gasteiger partial charge >= 0.3 is 0 Å². The lowest BCUT2D eigenvalue weighted by molar-refractivity contribution is -0.145. The quantitative estimate of drug-likeness (QED) is 0.477. The minimum absolute atomic E-state index is 0.0961. The average molecular weight is 129 g/mol. The van der Waals surface area contributed by atoms with Gasteiger partial charge in [-0.05, 0) is 6.92 Å². The number of hydrogen-bond donors (Lipinski definition) is 0. The molecule has 4 heteroatoms. The fraction of sp³-hybridized carbons (Fsp3) is 0.600. The number of nitrogens with zero attached hydrogens (tertiary/aromatic N) is 2. The molecule has 0 N–H and O–H groups in total. The van der Waals surface area contributed by atoms with Crippen molar-refractivity contribution < 1.29 is 4.84 Å². The van der Waals surface area contributed by atoms with Crippen molar-refractivity contribution >= 4 is 0 Å². The highest BCUT2D eigenvalue weighted by atomic mass is 16.7. The normalized spacial score (nSPS) is 20.1. The summed E-state index contributed by atoms with van der Waals surface area (Å²) in [7, 11) is 1.75. The fourth-order valence-corrected chi connectivity index (χ4v) is 0.610. The molecule has 0 amide bonds. The third-order valence-electron chi connectivity index (χ3n) is 1.14. The number of rotatable bonds is 0. The predicted octanol–water partition coefficient (Wildman–Crippen LogP) is 0.482. The maximum atomic E-state index is 10.6. The van der Waals surface area contributed by atoms with Gasteiger partial charge < -0.3 is 10.3 Å². The van der Waals surface area contributed by atoms with E-state index in [1.165, 1.54) is 5.06 Å². The van der Waals surface area contributed by atoms with Crippen LogP contribution in [0.15, 0.2) is 11.9 Å². The van der Waals surface area contributed by atoms with Gasteiger partial charge in [-0.1, -0.05) is 0 Å². The minimum atomic E-state index is 0.0961. The van der Waals surface area contributed by atoms with Crippen LogP contribution in [0.3, 0.4) is 0 Å². The number of hydrogen-bond acceptors (Lipinski definition) is 4. The fourth-order valence-electron chi connectivity index (χ4n) is 0.610. The molecule has 0 atom stereocenters. The second kappa shape index (κ2) is 2.24. The van der Waals surface area contributed by atoms with Crippen molar-refractivity contribution in [3.63, 3.8) is 0 Å². The Kier molecular flexibility index (Phi) is 1.59. The lowest BCUT2D eigenvalue weighted by Gasteiger charge is -2.36. The Morgan fingerprint density at radius 1 is 1.78 bits per heavy atom. The molecule has 0 fully saturated rings. The van der Waals surface area contributed by atoms with Crippen LogP contribution < -0.4 is 0 Å². The highest BCUT2D eigenvalue weighted by Gasteiger charge is 2.02. The average Bonchev–Trinajstić information content (AvgIpc) is 1.80. The first-order valence-electron chi connectivity index (χ1n) is 2.69. The van der Waals surface area contributed by atoms with Gasteiger partial charge in [0, 0.05) is 18.9 Å². The van der Waals surface area contributed by atoms with Crippen LogP contribution in [0, 0.1) is 5.21 Å². The van der Waals surface area contributed by atoms with Crippen LogP contribution in [0.2, 0.25) is 0 Å². The van der Waals surface area contributed by atoms with E-state index in [0.717, 1.165) is 5.06 Å². The molecule has 0 saturated heterocycles. The van der Waals surface area contributed by atoms with Gasteiger partial charge in [0.15, 0.2) is 0 Å². The van der Waals surface area contributed by atoms with E-state index in [2.05, 4.69) is 0 Å². The summed E-state index contributed by atoms with van der Waals surface area (Å²) in [6.07, 6.45) is 1.64. The lowest BCUT2D eigenvalue weighted by Crippen LogP contribution is -2.29. The summed E-state index contributed by atoms with van der Waals surface area (Å²) >= 11 is 0. The van der Waals surface area contributed by atoms with E-state index in [0.29, 0.717) is 5.70 Å². The van der Waals surface area contributed by atoms with Crippen LogP contribution in [-0.2, 0) is 4.84 Å². The van der Waals surface area contributed by atoms with Crippen molar-refractivity contribution in [2.75, 3.05) is 13.8 Å². The molecule has 1 heterocycles. The maximum absolute atomic E-state index is 10.6. The van der Waals surface area contributed by atoms with E-state index in [4.69, 9.17) is 4.84 Å². The molecule has 0 aromatic rings. The lowest BCUT2D eigenvalue weighted by atomic mass is 10.5. The molecule has 52 valence electrons. The van der Waals surface area contributed by atoms with Crippen molar-refractivity contribution in [1.82, 2.24) is 10.1 Å². The molecule has 9 heavy (non-hydrogen) atoms. The molecule has 0 radical (unpaired) electrons. The molecular formula is C5H9N2O2-. The summed E-state index contributed by atoms with van der Waals surface area (Å²) in [5, 5.41) is 12.9. The second-order valence-electron chi connectivity index (χ2n) is 1.95. The molecule has 0 bridgehead atoms. The van der Waals surface area contributed by atoms with Crippen molar-refractivity contribution in [2.24, 2.45) is 0 Å². The van der Waals surface area contributed by atoms with Gasteiger partial charge in [0.2, 0.25) is 0 Å². The van der Waals surface area contributed by atoms with Crippen molar-refractivity contribution in [1.29, 1.82) is 0 Å². The third kappa shape index (κ3) is 1.34. The van der Waals surface area contributed by atoms with Crippen LogP contribution in [0.1, 0.15) is 6.92 Å². The van der Waals surface area contributed by atoms with E-state index in [-0.39, 0.29) is 6.73 Å². The van der Waals surface area contributed by atoms with Gasteiger partial charge in [0.05, 0.1) is 0 Å². The molecule has 0 saturated carbocycles. The summed E-state index contributed by atoms with van der Waals surface area (Å²) in [6.45, 7) is 1.84.